The minimum absolute atomic E-state index is 0.0337. The zero-order chi connectivity index (χ0) is 16.7. The average Bonchev–Trinajstić information content (AvgIpc) is 3.05. The van der Waals surface area contributed by atoms with Crippen molar-refractivity contribution in [1.82, 2.24) is 9.47 Å². The fourth-order valence-electron chi connectivity index (χ4n) is 3.89. The molecule has 5 heteroatoms. The molecule has 4 rings (SSSR count). The lowest BCUT2D eigenvalue weighted by Crippen LogP contribution is -2.40. The number of benzene rings is 1. The van der Waals surface area contributed by atoms with Gasteiger partial charge in [-0.1, -0.05) is 6.07 Å². The van der Waals surface area contributed by atoms with E-state index in [1.165, 1.54) is 0 Å². The van der Waals surface area contributed by atoms with Crippen LogP contribution in [0.3, 0.4) is 0 Å². The van der Waals surface area contributed by atoms with E-state index in [1.54, 1.807) is 0 Å². The molecule has 1 amide bonds. The van der Waals surface area contributed by atoms with Gasteiger partial charge in [-0.15, -0.1) is 0 Å². The summed E-state index contributed by atoms with van der Waals surface area (Å²) >= 11 is 0. The number of amides is 1. The van der Waals surface area contributed by atoms with E-state index in [9.17, 15) is 9.59 Å². The Morgan fingerprint density at radius 3 is 2.42 bits per heavy atom. The first kappa shape index (κ1) is 15.0. The number of hydrogen-bond acceptors (Lipinski definition) is 2. The minimum Gasteiger partial charge on any atom is -0.481 e. The number of aliphatic carboxylic acids is 1. The standard InChI is InChI=1S/C19H20N2O3/c22-17(14-4-3-5-15(12-14)20-8-1-2-9-20)21-10-6-19(7-11-21)13-16(19)18(23)24/h1-5,8-9,12,16H,6-7,10-11,13H2,(H,23,24). The number of carbonyl (C=O) groups excluding carboxylic acids is 1. The van der Waals surface area contributed by atoms with Crippen LogP contribution in [0.4, 0.5) is 0 Å². The molecule has 1 aliphatic carbocycles. The fraction of sp³-hybridized carbons (Fsp3) is 0.368. The maximum absolute atomic E-state index is 12.8. The summed E-state index contributed by atoms with van der Waals surface area (Å²) in [6, 6.07) is 11.5. The first-order chi connectivity index (χ1) is 11.6. The monoisotopic (exact) mass is 324 g/mol. The van der Waals surface area contributed by atoms with Crippen LogP contribution in [0.5, 0.6) is 0 Å². The third kappa shape index (κ3) is 2.50. The van der Waals surface area contributed by atoms with Gasteiger partial charge in [0, 0.05) is 36.7 Å². The minimum atomic E-state index is -0.686. The Balaban J connectivity index is 1.46. The van der Waals surface area contributed by atoms with Crippen LogP contribution in [0.25, 0.3) is 5.69 Å². The number of likely N-dealkylation sites (tertiary alicyclic amines) is 1. The molecule has 1 saturated carbocycles. The Kier molecular flexibility index (Phi) is 3.44. The largest absolute Gasteiger partial charge is 0.481 e. The summed E-state index contributed by atoms with van der Waals surface area (Å²) in [6.45, 7) is 1.30. The predicted octanol–water partition coefficient (Wildman–Crippen LogP) is 2.80. The summed E-state index contributed by atoms with van der Waals surface area (Å²) in [7, 11) is 0. The highest BCUT2D eigenvalue weighted by Crippen LogP contribution is 2.59. The third-order valence-electron chi connectivity index (χ3n) is 5.53. The summed E-state index contributed by atoms with van der Waals surface area (Å²) in [5.74, 6) is -0.854. The Labute approximate surface area is 140 Å². The van der Waals surface area contributed by atoms with Crippen LogP contribution >= 0.6 is 0 Å². The van der Waals surface area contributed by atoms with Crippen molar-refractivity contribution in [2.24, 2.45) is 11.3 Å². The zero-order valence-electron chi connectivity index (χ0n) is 13.4. The van der Waals surface area contributed by atoms with Gasteiger partial charge in [-0.3, -0.25) is 9.59 Å². The van der Waals surface area contributed by atoms with Gasteiger partial charge in [0.2, 0.25) is 0 Å². The fourth-order valence-corrected chi connectivity index (χ4v) is 3.89. The van der Waals surface area contributed by atoms with Gasteiger partial charge in [-0.2, -0.15) is 0 Å². The molecule has 2 fully saturated rings. The van der Waals surface area contributed by atoms with E-state index in [2.05, 4.69) is 0 Å². The Bertz CT molecular complexity index is 774. The molecule has 0 bridgehead atoms. The number of aromatic nitrogens is 1. The van der Waals surface area contributed by atoms with Crippen LogP contribution in [0, 0.1) is 11.3 Å². The van der Waals surface area contributed by atoms with Crippen LogP contribution in [-0.2, 0) is 4.79 Å². The second-order valence-corrected chi connectivity index (χ2v) is 6.89. The summed E-state index contributed by atoms with van der Waals surface area (Å²) < 4.78 is 1.98. The number of hydrogen-bond donors (Lipinski definition) is 1. The average molecular weight is 324 g/mol. The van der Waals surface area contributed by atoms with Gasteiger partial charge < -0.3 is 14.6 Å². The molecule has 2 heterocycles. The molecule has 1 atom stereocenters. The molecule has 124 valence electrons. The lowest BCUT2D eigenvalue weighted by molar-refractivity contribution is -0.139. The highest BCUT2D eigenvalue weighted by atomic mass is 16.4. The van der Waals surface area contributed by atoms with Crippen molar-refractivity contribution in [3.63, 3.8) is 0 Å². The quantitative estimate of drug-likeness (QED) is 0.944. The molecule has 1 saturated heterocycles. The molecule has 1 aliphatic heterocycles. The topological polar surface area (TPSA) is 62.5 Å². The lowest BCUT2D eigenvalue weighted by Gasteiger charge is -2.32. The first-order valence-electron chi connectivity index (χ1n) is 8.35. The van der Waals surface area contributed by atoms with Gasteiger partial charge in [0.25, 0.3) is 5.91 Å². The molecular formula is C19H20N2O3. The number of rotatable bonds is 3. The van der Waals surface area contributed by atoms with E-state index in [-0.39, 0.29) is 17.2 Å². The second kappa shape index (κ2) is 5.51. The molecule has 0 radical (unpaired) electrons. The van der Waals surface area contributed by atoms with Crippen LogP contribution in [-0.4, -0.2) is 39.5 Å². The van der Waals surface area contributed by atoms with Crippen LogP contribution in [0.15, 0.2) is 48.8 Å². The molecule has 1 aromatic carbocycles. The van der Waals surface area contributed by atoms with Gasteiger partial charge in [0.15, 0.2) is 0 Å². The molecule has 24 heavy (non-hydrogen) atoms. The lowest BCUT2D eigenvalue weighted by atomic mass is 9.90. The molecule has 1 unspecified atom stereocenters. The summed E-state index contributed by atoms with van der Waals surface area (Å²) in [4.78, 5) is 25.8. The van der Waals surface area contributed by atoms with E-state index >= 15 is 0 Å². The van der Waals surface area contributed by atoms with E-state index in [4.69, 9.17) is 5.11 Å². The van der Waals surface area contributed by atoms with Crippen molar-refractivity contribution < 1.29 is 14.7 Å². The van der Waals surface area contributed by atoms with Crippen LogP contribution in [0.1, 0.15) is 29.6 Å². The maximum atomic E-state index is 12.8. The Hall–Kier alpha value is -2.56. The zero-order valence-corrected chi connectivity index (χ0v) is 13.4. The maximum Gasteiger partial charge on any atom is 0.307 e. The van der Waals surface area contributed by atoms with Crippen molar-refractivity contribution in [3.8, 4) is 5.69 Å². The van der Waals surface area contributed by atoms with Crippen molar-refractivity contribution in [3.05, 3.63) is 54.4 Å². The summed E-state index contributed by atoms with van der Waals surface area (Å²) in [6.07, 6.45) is 6.27. The van der Waals surface area contributed by atoms with Crippen LogP contribution in [0.2, 0.25) is 0 Å². The van der Waals surface area contributed by atoms with E-state index in [0.29, 0.717) is 18.7 Å². The van der Waals surface area contributed by atoms with Crippen molar-refractivity contribution in [1.29, 1.82) is 0 Å². The normalized spacial score (nSPS) is 21.7. The molecule has 2 aliphatic rings. The third-order valence-corrected chi connectivity index (χ3v) is 5.53. The predicted molar refractivity (Wildman–Crippen MR) is 89.1 cm³/mol. The summed E-state index contributed by atoms with van der Waals surface area (Å²) in [5, 5.41) is 9.16. The van der Waals surface area contributed by atoms with Crippen molar-refractivity contribution in [2.75, 3.05) is 13.1 Å². The number of piperidine rings is 1. The highest BCUT2D eigenvalue weighted by Gasteiger charge is 2.59. The summed E-state index contributed by atoms with van der Waals surface area (Å²) in [5.41, 5.74) is 1.60. The Morgan fingerprint density at radius 1 is 1.08 bits per heavy atom. The van der Waals surface area contributed by atoms with Crippen LogP contribution < -0.4 is 0 Å². The number of carboxylic acids is 1. The van der Waals surface area contributed by atoms with Crippen molar-refractivity contribution >= 4 is 11.9 Å². The molecule has 1 spiro atoms. The molecule has 5 nitrogen and oxygen atoms in total. The van der Waals surface area contributed by atoms with Gasteiger partial charge in [0.1, 0.15) is 0 Å². The smallest absolute Gasteiger partial charge is 0.307 e. The highest BCUT2D eigenvalue weighted by molar-refractivity contribution is 5.95. The first-order valence-corrected chi connectivity index (χ1v) is 8.35. The Morgan fingerprint density at radius 2 is 1.79 bits per heavy atom. The van der Waals surface area contributed by atoms with E-state index in [0.717, 1.165) is 24.9 Å². The molecule has 1 N–H and O–H groups in total. The SMILES string of the molecule is O=C(O)C1CC12CCN(C(=O)c1cccc(-n3cccc3)c1)CC2. The van der Waals surface area contributed by atoms with Crippen molar-refractivity contribution in [2.45, 2.75) is 19.3 Å². The number of carbonyl (C=O) groups is 2. The van der Waals surface area contributed by atoms with Gasteiger partial charge in [-0.05, 0) is 55.0 Å². The number of nitrogens with zero attached hydrogens (tertiary/aromatic N) is 2. The van der Waals surface area contributed by atoms with E-state index in [1.807, 2.05) is 58.3 Å². The number of carboxylic acid groups (broad SMARTS) is 1. The van der Waals surface area contributed by atoms with Gasteiger partial charge in [0.05, 0.1) is 5.92 Å². The van der Waals surface area contributed by atoms with E-state index < -0.39 is 5.97 Å². The molecular weight excluding hydrogens is 304 g/mol. The van der Waals surface area contributed by atoms with Gasteiger partial charge in [-0.25, -0.2) is 0 Å². The second-order valence-electron chi connectivity index (χ2n) is 6.89. The molecule has 1 aromatic heterocycles. The van der Waals surface area contributed by atoms with Gasteiger partial charge >= 0.3 is 5.97 Å². The molecule has 2 aromatic rings.